The summed E-state index contributed by atoms with van der Waals surface area (Å²) in [4.78, 5) is 0. The maximum absolute atomic E-state index is 2.25. The van der Waals surface area contributed by atoms with Gasteiger partial charge in [-0.25, -0.2) is 0 Å². The summed E-state index contributed by atoms with van der Waals surface area (Å²) in [7, 11) is 0. The van der Waals surface area contributed by atoms with E-state index in [0.717, 1.165) is 0 Å². The Morgan fingerprint density at radius 2 is 1.05 bits per heavy atom. The van der Waals surface area contributed by atoms with Gasteiger partial charge in [0.2, 0.25) is 0 Å². The van der Waals surface area contributed by atoms with Crippen LogP contribution in [0.2, 0.25) is 0 Å². The number of benzene rings is 2. The van der Waals surface area contributed by atoms with Gasteiger partial charge in [-0.3, -0.25) is 0 Å². The molecule has 0 saturated carbocycles. The summed E-state index contributed by atoms with van der Waals surface area (Å²) < 4.78 is 0. The summed E-state index contributed by atoms with van der Waals surface area (Å²) in [5, 5.41) is 0. The van der Waals surface area contributed by atoms with Gasteiger partial charge in [0.15, 0.2) is 0 Å². The van der Waals surface area contributed by atoms with E-state index in [2.05, 4.69) is 67.6 Å². The standard InChI is InChI=1S/C16H18.C2H6.2CH4/c1-2-9-16(14-10-5-3-6-11-14)15-12-7-4-8-13-15;1-2;;/h3-8,10-13,16H,2,9H2,1H3;1-2H3;2*1H4. The molecule has 0 bridgehead atoms. The molecule has 0 radical (unpaired) electrons. The predicted molar refractivity (Wildman–Crippen MR) is 94.4 cm³/mol. The lowest BCUT2D eigenvalue weighted by Gasteiger charge is -2.17. The van der Waals surface area contributed by atoms with Gasteiger partial charge in [-0.2, -0.15) is 0 Å². The van der Waals surface area contributed by atoms with Crippen molar-refractivity contribution in [3.63, 3.8) is 0 Å². The van der Waals surface area contributed by atoms with E-state index in [1.165, 1.54) is 24.0 Å². The first-order chi connectivity index (χ1) is 8.92. The molecule has 112 valence electrons. The molecule has 0 fully saturated rings. The van der Waals surface area contributed by atoms with Crippen molar-refractivity contribution in [2.75, 3.05) is 0 Å². The monoisotopic (exact) mass is 272 g/mol. The van der Waals surface area contributed by atoms with Gasteiger partial charge in [0.1, 0.15) is 0 Å². The largest absolute Gasteiger partial charge is 0.0776 e. The zero-order valence-electron chi connectivity index (χ0n) is 11.8. The van der Waals surface area contributed by atoms with Gasteiger partial charge in [0.25, 0.3) is 0 Å². The lowest BCUT2D eigenvalue weighted by molar-refractivity contribution is 0.698. The van der Waals surface area contributed by atoms with Crippen LogP contribution in [0.4, 0.5) is 0 Å². The highest BCUT2D eigenvalue weighted by Crippen LogP contribution is 2.28. The molecule has 0 aliphatic heterocycles. The van der Waals surface area contributed by atoms with Crippen molar-refractivity contribution in [1.82, 2.24) is 0 Å². The van der Waals surface area contributed by atoms with E-state index in [0.29, 0.717) is 5.92 Å². The number of rotatable bonds is 4. The van der Waals surface area contributed by atoms with E-state index in [-0.39, 0.29) is 14.9 Å². The van der Waals surface area contributed by atoms with E-state index in [4.69, 9.17) is 0 Å². The minimum Gasteiger partial charge on any atom is -0.0776 e. The Kier molecular flexibility index (Phi) is 12.9. The second-order valence-electron chi connectivity index (χ2n) is 4.16. The molecule has 20 heavy (non-hydrogen) atoms. The van der Waals surface area contributed by atoms with E-state index >= 15 is 0 Å². The highest BCUT2D eigenvalue weighted by molar-refractivity contribution is 5.32. The number of hydrogen-bond donors (Lipinski definition) is 0. The van der Waals surface area contributed by atoms with Gasteiger partial charge < -0.3 is 0 Å². The topological polar surface area (TPSA) is 0 Å². The van der Waals surface area contributed by atoms with Crippen LogP contribution in [0.1, 0.15) is 65.5 Å². The first-order valence-electron chi connectivity index (χ1n) is 7.01. The van der Waals surface area contributed by atoms with E-state index < -0.39 is 0 Å². The Balaban J connectivity index is 0. The summed E-state index contributed by atoms with van der Waals surface area (Å²) in [6.45, 7) is 6.25. The van der Waals surface area contributed by atoms with Crippen molar-refractivity contribution in [2.24, 2.45) is 0 Å². The number of hydrogen-bond acceptors (Lipinski definition) is 0. The molecule has 2 rings (SSSR count). The van der Waals surface area contributed by atoms with E-state index in [1.807, 2.05) is 13.8 Å². The third-order valence-electron chi connectivity index (χ3n) is 2.98. The predicted octanol–water partition coefficient (Wildman–Crippen LogP) is 6.92. The summed E-state index contributed by atoms with van der Waals surface area (Å²) in [6.07, 6.45) is 2.43. The average Bonchev–Trinajstić information content (AvgIpc) is 2.49. The molecule has 0 aliphatic rings. The fraction of sp³-hybridized carbons (Fsp3) is 0.400. The van der Waals surface area contributed by atoms with Crippen molar-refractivity contribution < 1.29 is 0 Å². The molecule has 0 aliphatic carbocycles. The van der Waals surface area contributed by atoms with Gasteiger partial charge in [0.05, 0.1) is 0 Å². The first-order valence-corrected chi connectivity index (χ1v) is 7.01. The van der Waals surface area contributed by atoms with Crippen molar-refractivity contribution >= 4 is 0 Å². The molecular formula is C20H32. The molecule has 0 amide bonds. The Bertz CT molecular complexity index is 363. The van der Waals surface area contributed by atoms with Crippen molar-refractivity contribution in [2.45, 2.75) is 54.4 Å². The van der Waals surface area contributed by atoms with Crippen LogP contribution in [-0.4, -0.2) is 0 Å². The molecule has 0 atom stereocenters. The fourth-order valence-corrected chi connectivity index (χ4v) is 2.19. The normalized spacial score (nSPS) is 8.80. The first kappa shape index (κ1) is 20.8. The van der Waals surface area contributed by atoms with Gasteiger partial charge in [-0.1, -0.05) is 103 Å². The van der Waals surface area contributed by atoms with Crippen LogP contribution in [0.5, 0.6) is 0 Å². The molecule has 0 saturated heterocycles. The third kappa shape index (κ3) is 6.06. The second kappa shape index (κ2) is 12.5. The molecule has 2 aromatic carbocycles. The quantitative estimate of drug-likeness (QED) is 0.567. The Hall–Kier alpha value is -1.56. The van der Waals surface area contributed by atoms with E-state index in [9.17, 15) is 0 Å². The van der Waals surface area contributed by atoms with Crippen molar-refractivity contribution in [3.05, 3.63) is 71.8 Å². The highest BCUT2D eigenvalue weighted by atomic mass is 14.2. The van der Waals surface area contributed by atoms with Crippen LogP contribution in [0.3, 0.4) is 0 Å². The summed E-state index contributed by atoms with van der Waals surface area (Å²) in [6, 6.07) is 21.6. The summed E-state index contributed by atoms with van der Waals surface area (Å²) in [5.74, 6) is 0.549. The SMILES string of the molecule is C.C.CC.CCCC(c1ccccc1)c1ccccc1. The minimum atomic E-state index is 0. The Morgan fingerprint density at radius 1 is 0.700 bits per heavy atom. The molecular weight excluding hydrogens is 240 g/mol. The van der Waals surface area contributed by atoms with Gasteiger partial charge in [-0.15, -0.1) is 0 Å². The highest BCUT2D eigenvalue weighted by Gasteiger charge is 2.11. The second-order valence-corrected chi connectivity index (χ2v) is 4.16. The Morgan fingerprint density at radius 3 is 1.35 bits per heavy atom. The van der Waals surface area contributed by atoms with Crippen LogP contribution in [0.25, 0.3) is 0 Å². The van der Waals surface area contributed by atoms with Gasteiger partial charge in [0, 0.05) is 5.92 Å². The summed E-state index contributed by atoms with van der Waals surface area (Å²) in [5.41, 5.74) is 2.85. The smallest absolute Gasteiger partial charge is 0.00892 e. The maximum atomic E-state index is 2.25. The fourth-order valence-electron chi connectivity index (χ4n) is 2.19. The molecule has 2 aromatic rings. The molecule has 0 spiro atoms. The molecule has 0 heteroatoms. The lowest BCUT2D eigenvalue weighted by Crippen LogP contribution is -2.00. The van der Waals surface area contributed by atoms with Crippen LogP contribution in [0, 0.1) is 0 Å². The van der Waals surface area contributed by atoms with Crippen molar-refractivity contribution in [3.8, 4) is 0 Å². The van der Waals surface area contributed by atoms with E-state index in [1.54, 1.807) is 0 Å². The van der Waals surface area contributed by atoms with Crippen LogP contribution in [0.15, 0.2) is 60.7 Å². The summed E-state index contributed by atoms with van der Waals surface area (Å²) >= 11 is 0. The third-order valence-corrected chi connectivity index (χ3v) is 2.98. The Labute approximate surface area is 126 Å². The average molecular weight is 272 g/mol. The van der Waals surface area contributed by atoms with Crippen LogP contribution < -0.4 is 0 Å². The molecule has 0 aromatic heterocycles. The minimum absolute atomic E-state index is 0. The molecule has 0 heterocycles. The van der Waals surface area contributed by atoms with Gasteiger partial charge in [-0.05, 0) is 17.5 Å². The van der Waals surface area contributed by atoms with Crippen LogP contribution in [-0.2, 0) is 0 Å². The molecule has 0 nitrogen and oxygen atoms in total. The zero-order valence-corrected chi connectivity index (χ0v) is 11.8. The van der Waals surface area contributed by atoms with Gasteiger partial charge >= 0.3 is 0 Å². The van der Waals surface area contributed by atoms with Crippen molar-refractivity contribution in [1.29, 1.82) is 0 Å². The zero-order chi connectivity index (χ0) is 13.2. The maximum Gasteiger partial charge on any atom is 0.00892 e. The molecule has 0 N–H and O–H groups in total. The van der Waals surface area contributed by atoms with Crippen LogP contribution >= 0.6 is 0 Å². The molecule has 0 unspecified atom stereocenters. The lowest BCUT2D eigenvalue weighted by atomic mass is 9.88.